The fourth-order valence-corrected chi connectivity index (χ4v) is 3.92. The Hall–Kier alpha value is -2.19. The summed E-state index contributed by atoms with van der Waals surface area (Å²) in [6.07, 6.45) is -3.42. The number of ether oxygens (including phenoxy) is 1. The smallest absolute Gasteiger partial charge is 0.422 e. The molecule has 1 aliphatic heterocycles. The second-order valence-corrected chi connectivity index (χ2v) is 8.01. The lowest BCUT2D eigenvalue weighted by atomic mass is 10.1. The van der Waals surface area contributed by atoms with Crippen molar-refractivity contribution >= 4 is 23.4 Å². The summed E-state index contributed by atoms with van der Waals surface area (Å²) in [5.74, 6) is 2.13. The van der Waals surface area contributed by atoms with Gasteiger partial charge >= 0.3 is 6.18 Å². The average Bonchev–Trinajstić information content (AvgIpc) is 2.72. The zero-order chi connectivity index (χ0) is 20.7. The minimum atomic E-state index is -4.39. The standard InChI is InChI=1S/C21H23F3N2O2S/c22-21(23,24)15-28-19-7-3-17(4-8-19)20(27)25-18-5-1-16(2-6-18)9-10-26-11-13-29-14-12-26/h1-8H,9-15H2,(H,25,27). The molecule has 1 aliphatic rings. The van der Waals surface area contributed by atoms with Crippen molar-refractivity contribution in [2.75, 3.05) is 43.1 Å². The van der Waals surface area contributed by atoms with Crippen molar-refractivity contribution in [2.45, 2.75) is 12.6 Å². The second kappa shape index (κ2) is 10.0. The van der Waals surface area contributed by atoms with Gasteiger partial charge in [-0.25, -0.2) is 0 Å². The quantitative estimate of drug-likeness (QED) is 0.712. The molecule has 0 bridgehead atoms. The van der Waals surface area contributed by atoms with Gasteiger partial charge in [0, 0.05) is 42.4 Å². The Kier molecular flexibility index (Phi) is 7.44. The molecule has 0 spiro atoms. The van der Waals surface area contributed by atoms with E-state index >= 15 is 0 Å². The largest absolute Gasteiger partial charge is 0.484 e. The lowest BCUT2D eigenvalue weighted by molar-refractivity contribution is -0.153. The number of alkyl halides is 3. The predicted octanol–water partition coefficient (Wildman–Crippen LogP) is 4.47. The van der Waals surface area contributed by atoms with Crippen LogP contribution in [0, 0.1) is 0 Å². The van der Waals surface area contributed by atoms with E-state index in [1.54, 1.807) is 0 Å². The monoisotopic (exact) mass is 424 g/mol. The number of anilines is 1. The summed E-state index contributed by atoms with van der Waals surface area (Å²) in [4.78, 5) is 14.8. The first-order chi connectivity index (χ1) is 13.9. The summed E-state index contributed by atoms with van der Waals surface area (Å²) in [5.41, 5.74) is 2.23. The van der Waals surface area contributed by atoms with E-state index in [0.29, 0.717) is 11.3 Å². The number of hydrogen-bond acceptors (Lipinski definition) is 4. The van der Waals surface area contributed by atoms with Gasteiger partial charge in [0.05, 0.1) is 0 Å². The van der Waals surface area contributed by atoms with Gasteiger partial charge in [-0.3, -0.25) is 4.79 Å². The molecule has 0 saturated carbocycles. The number of amides is 1. The van der Waals surface area contributed by atoms with Crippen LogP contribution in [0.3, 0.4) is 0 Å². The lowest BCUT2D eigenvalue weighted by Gasteiger charge is -2.26. The lowest BCUT2D eigenvalue weighted by Crippen LogP contribution is -2.34. The molecule has 156 valence electrons. The molecule has 0 radical (unpaired) electrons. The first kappa shape index (κ1) is 21.5. The molecule has 0 aliphatic carbocycles. The molecular formula is C21H23F3N2O2S. The van der Waals surface area contributed by atoms with E-state index in [-0.39, 0.29) is 11.7 Å². The van der Waals surface area contributed by atoms with E-state index in [2.05, 4.69) is 15.0 Å². The van der Waals surface area contributed by atoms with Crippen LogP contribution in [-0.4, -0.2) is 54.7 Å². The van der Waals surface area contributed by atoms with E-state index in [4.69, 9.17) is 0 Å². The number of nitrogens with zero attached hydrogens (tertiary/aromatic N) is 1. The van der Waals surface area contributed by atoms with Crippen molar-refractivity contribution in [3.05, 3.63) is 59.7 Å². The summed E-state index contributed by atoms with van der Waals surface area (Å²) >= 11 is 2.00. The number of halogens is 3. The van der Waals surface area contributed by atoms with Gasteiger partial charge < -0.3 is 15.0 Å². The Morgan fingerprint density at radius 2 is 1.69 bits per heavy atom. The Morgan fingerprint density at radius 3 is 2.31 bits per heavy atom. The molecule has 1 saturated heterocycles. The van der Waals surface area contributed by atoms with E-state index in [0.717, 1.165) is 26.1 Å². The SMILES string of the molecule is O=C(Nc1ccc(CCN2CCSCC2)cc1)c1ccc(OCC(F)(F)F)cc1. The van der Waals surface area contributed by atoms with Crippen molar-refractivity contribution in [2.24, 2.45) is 0 Å². The Bertz CT molecular complexity index is 789. The molecule has 2 aromatic rings. The Labute approximate surface area is 172 Å². The zero-order valence-corrected chi connectivity index (χ0v) is 16.7. The number of carbonyl (C=O) groups is 1. The third-order valence-corrected chi connectivity index (χ3v) is 5.49. The normalized spacial score (nSPS) is 15.1. The van der Waals surface area contributed by atoms with Gasteiger partial charge in [-0.05, 0) is 48.4 Å². The number of nitrogens with one attached hydrogen (secondary N) is 1. The first-order valence-corrected chi connectivity index (χ1v) is 10.5. The van der Waals surface area contributed by atoms with Gasteiger partial charge in [0.1, 0.15) is 5.75 Å². The molecule has 1 heterocycles. The molecule has 1 N–H and O–H groups in total. The summed E-state index contributed by atoms with van der Waals surface area (Å²) in [6.45, 7) is 1.95. The highest BCUT2D eigenvalue weighted by Gasteiger charge is 2.28. The van der Waals surface area contributed by atoms with Gasteiger partial charge in [0.2, 0.25) is 0 Å². The highest BCUT2D eigenvalue weighted by molar-refractivity contribution is 7.99. The number of benzene rings is 2. The topological polar surface area (TPSA) is 41.6 Å². The summed E-state index contributed by atoms with van der Waals surface area (Å²) < 4.78 is 41.2. The van der Waals surface area contributed by atoms with Crippen LogP contribution in [0.25, 0.3) is 0 Å². The van der Waals surface area contributed by atoms with E-state index < -0.39 is 12.8 Å². The van der Waals surface area contributed by atoms with Crippen LogP contribution in [0.5, 0.6) is 5.75 Å². The van der Waals surface area contributed by atoms with Crippen LogP contribution in [0.15, 0.2) is 48.5 Å². The molecule has 0 aromatic heterocycles. The minimum Gasteiger partial charge on any atom is -0.484 e. The molecule has 3 rings (SSSR count). The number of thioether (sulfide) groups is 1. The number of hydrogen-bond donors (Lipinski definition) is 1. The molecule has 4 nitrogen and oxygen atoms in total. The average molecular weight is 424 g/mol. The van der Waals surface area contributed by atoms with Crippen LogP contribution in [-0.2, 0) is 6.42 Å². The predicted molar refractivity (Wildman–Crippen MR) is 110 cm³/mol. The van der Waals surface area contributed by atoms with E-state index in [1.165, 1.54) is 41.3 Å². The van der Waals surface area contributed by atoms with Crippen molar-refractivity contribution in [3.63, 3.8) is 0 Å². The Morgan fingerprint density at radius 1 is 1.03 bits per heavy atom. The summed E-state index contributed by atoms with van der Waals surface area (Å²) in [7, 11) is 0. The maximum absolute atomic E-state index is 12.3. The molecule has 2 aromatic carbocycles. The number of rotatable bonds is 7. The van der Waals surface area contributed by atoms with Crippen LogP contribution in [0.1, 0.15) is 15.9 Å². The second-order valence-electron chi connectivity index (χ2n) is 6.78. The molecule has 0 atom stereocenters. The zero-order valence-electron chi connectivity index (χ0n) is 15.9. The maximum atomic E-state index is 12.3. The molecule has 1 fully saturated rings. The van der Waals surface area contributed by atoms with Crippen molar-refractivity contribution in [1.29, 1.82) is 0 Å². The highest BCUT2D eigenvalue weighted by atomic mass is 32.2. The highest BCUT2D eigenvalue weighted by Crippen LogP contribution is 2.19. The van der Waals surface area contributed by atoms with Crippen molar-refractivity contribution < 1.29 is 22.7 Å². The van der Waals surface area contributed by atoms with Crippen molar-refractivity contribution in [3.8, 4) is 5.75 Å². The molecule has 0 unspecified atom stereocenters. The van der Waals surface area contributed by atoms with Crippen LogP contribution >= 0.6 is 11.8 Å². The maximum Gasteiger partial charge on any atom is 0.422 e. The first-order valence-electron chi connectivity index (χ1n) is 9.39. The minimum absolute atomic E-state index is 0.0653. The fraction of sp³-hybridized carbons (Fsp3) is 0.381. The third-order valence-electron chi connectivity index (χ3n) is 4.55. The Balaban J connectivity index is 1.48. The molecule has 8 heteroatoms. The van der Waals surface area contributed by atoms with Gasteiger partial charge in [0.25, 0.3) is 5.91 Å². The van der Waals surface area contributed by atoms with Crippen LogP contribution < -0.4 is 10.1 Å². The summed E-state index contributed by atoms with van der Waals surface area (Å²) in [5, 5.41) is 2.79. The van der Waals surface area contributed by atoms with E-state index in [9.17, 15) is 18.0 Å². The van der Waals surface area contributed by atoms with Gasteiger partial charge in [-0.15, -0.1) is 0 Å². The van der Waals surface area contributed by atoms with E-state index in [1.807, 2.05) is 36.0 Å². The summed E-state index contributed by atoms with van der Waals surface area (Å²) in [6, 6.07) is 13.3. The van der Waals surface area contributed by atoms with Gasteiger partial charge in [0.15, 0.2) is 6.61 Å². The van der Waals surface area contributed by atoms with Crippen LogP contribution in [0.2, 0.25) is 0 Å². The molecular weight excluding hydrogens is 401 g/mol. The third kappa shape index (κ3) is 7.29. The molecule has 1 amide bonds. The van der Waals surface area contributed by atoms with Crippen molar-refractivity contribution in [1.82, 2.24) is 4.90 Å². The number of carbonyl (C=O) groups excluding carboxylic acids is 1. The van der Waals surface area contributed by atoms with Gasteiger partial charge in [-0.2, -0.15) is 24.9 Å². The molecule has 29 heavy (non-hydrogen) atoms. The van der Waals surface area contributed by atoms with Gasteiger partial charge in [-0.1, -0.05) is 12.1 Å². The fourth-order valence-electron chi connectivity index (χ4n) is 2.94. The van der Waals surface area contributed by atoms with Crippen LogP contribution in [0.4, 0.5) is 18.9 Å².